The van der Waals surface area contributed by atoms with E-state index in [1.165, 1.54) is 6.26 Å². The Morgan fingerprint density at radius 2 is 2.25 bits per heavy atom. The number of hydrogen-bond donors (Lipinski definition) is 1. The normalized spacial score (nSPS) is 15.6. The zero-order valence-electron chi connectivity index (χ0n) is 7.28. The van der Waals surface area contributed by atoms with Crippen molar-refractivity contribution in [3.05, 3.63) is 24.2 Å². The number of carbonyl (C=O) groups is 1. The summed E-state index contributed by atoms with van der Waals surface area (Å²) in [7, 11) is 0. The summed E-state index contributed by atoms with van der Waals surface area (Å²) in [5.41, 5.74) is 5.58. The van der Waals surface area contributed by atoms with E-state index in [9.17, 15) is 4.79 Å². The van der Waals surface area contributed by atoms with E-state index in [0.717, 1.165) is 0 Å². The van der Waals surface area contributed by atoms with Crippen LogP contribution in [-0.4, -0.2) is 11.8 Å². The average molecular weight is 167 g/mol. The molecule has 0 saturated heterocycles. The van der Waals surface area contributed by atoms with Gasteiger partial charge in [-0.3, -0.25) is 4.79 Å². The molecule has 0 aromatic carbocycles. The summed E-state index contributed by atoms with van der Waals surface area (Å²) in [5, 5.41) is 0. The molecular formula is C9H13NO2. The lowest BCUT2D eigenvalue weighted by Gasteiger charge is -2.11. The van der Waals surface area contributed by atoms with Crippen molar-refractivity contribution in [2.45, 2.75) is 19.9 Å². The van der Waals surface area contributed by atoms with E-state index >= 15 is 0 Å². The Kier molecular flexibility index (Phi) is 2.65. The molecule has 0 aliphatic heterocycles. The number of carbonyl (C=O) groups excluding carboxylic acids is 1. The Labute approximate surface area is 71.6 Å². The van der Waals surface area contributed by atoms with E-state index in [-0.39, 0.29) is 17.7 Å². The molecule has 0 amide bonds. The van der Waals surface area contributed by atoms with E-state index in [1.807, 2.05) is 6.92 Å². The first kappa shape index (κ1) is 9.00. The van der Waals surface area contributed by atoms with Crippen LogP contribution in [0, 0.1) is 5.92 Å². The maximum atomic E-state index is 11.5. The topological polar surface area (TPSA) is 56.2 Å². The van der Waals surface area contributed by atoms with Gasteiger partial charge in [0.2, 0.25) is 5.78 Å². The maximum absolute atomic E-state index is 11.5. The monoisotopic (exact) mass is 167 g/mol. The maximum Gasteiger partial charge on any atom is 0.202 e. The molecule has 0 aliphatic carbocycles. The molecule has 1 aromatic heterocycles. The van der Waals surface area contributed by atoms with Gasteiger partial charge in [-0.15, -0.1) is 0 Å². The number of ketones is 1. The van der Waals surface area contributed by atoms with E-state index in [0.29, 0.717) is 5.76 Å². The lowest BCUT2D eigenvalue weighted by Crippen LogP contribution is -2.30. The van der Waals surface area contributed by atoms with Gasteiger partial charge < -0.3 is 10.2 Å². The van der Waals surface area contributed by atoms with Crippen LogP contribution in [0.5, 0.6) is 0 Å². The van der Waals surface area contributed by atoms with Gasteiger partial charge in [0.1, 0.15) is 0 Å². The Hall–Kier alpha value is -1.09. The van der Waals surface area contributed by atoms with Crippen molar-refractivity contribution in [2.24, 2.45) is 11.7 Å². The van der Waals surface area contributed by atoms with Crippen molar-refractivity contribution in [1.29, 1.82) is 0 Å². The highest BCUT2D eigenvalue weighted by atomic mass is 16.3. The van der Waals surface area contributed by atoms with Crippen molar-refractivity contribution in [2.75, 3.05) is 0 Å². The lowest BCUT2D eigenvalue weighted by molar-refractivity contribution is 0.0888. The summed E-state index contributed by atoms with van der Waals surface area (Å²) < 4.78 is 4.96. The zero-order chi connectivity index (χ0) is 9.14. The molecule has 66 valence electrons. The third-order valence-corrected chi connectivity index (χ3v) is 1.97. The number of furan rings is 1. The highest BCUT2D eigenvalue weighted by molar-refractivity contribution is 5.95. The second-order valence-electron chi connectivity index (χ2n) is 2.99. The minimum Gasteiger partial charge on any atom is -0.461 e. The van der Waals surface area contributed by atoms with Gasteiger partial charge in [-0.1, -0.05) is 6.92 Å². The second-order valence-corrected chi connectivity index (χ2v) is 2.99. The minimum atomic E-state index is -0.184. The van der Waals surface area contributed by atoms with Gasteiger partial charge in [-0.2, -0.15) is 0 Å². The molecule has 1 heterocycles. The number of rotatable bonds is 3. The number of nitrogens with two attached hydrogens (primary N) is 1. The van der Waals surface area contributed by atoms with Crippen LogP contribution in [0.25, 0.3) is 0 Å². The van der Waals surface area contributed by atoms with E-state index in [1.54, 1.807) is 19.1 Å². The molecule has 1 rings (SSSR count). The van der Waals surface area contributed by atoms with Crippen molar-refractivity contribution in [3.63, 3.8) is 0 Å². The van der Waals surface area contributed by atoms with E-state index < -0.39 is 0 Å². The van der Waals surface area contributed by atoms with Gasteiger partial charge in [0.15, 0.2) is 5.76 Å². The van der Waals surface area contributed by atoms with Crippen LogP contribution in [-0.2, 0) is 0 Å². The van der Waals surface area contributed by atoms with E-state index in [2.05, 4.69) is 0 Å². The average Bonchev–Trinajstić information content (AvgIpc) is 2.53. The summed E-state index contributed by atoms with van der Waals surface area (Å²) in [6.07, 6.45) is 1.49. The highest BCUT2D eigenvalue weighted by Crippen LogP contribution is 2.11. The Bertz CT molecular complexity index is 252. The van der Waals surface area contributed by atoms with Gasteiger partial charge in [-0.25, -0.2) is 0 Å². The molecule has 3 nitrogen and oxygen atoms in total. The van der Waals surface area contributed by atoms with Crippen LogP contribution < -0.4 is 5.73 Å². The van der Waals surface area contributed by atoms with Gasteiger partial charge in [-0.05, 0) is 19.1 Å². The minimum absolute atomic E-state index is 0.0324. The van der Waals surface area contributed by atoms with Crippen molar-refractivity contribution < 1.29 is 9.21 Å². The Balaban J connectivity index is 2.72. The summed E-state index contributed by atoms with van der Waals surface area (Å²) in [5.74, 6) is 0.172. The van der Waals surface area contributed by atoms with Crippen molar-refractivity contribution >= 4 is 5.78 Å². The molecule has 2 N–H and O–H groups in total. The molecule has 0 spiro atoms. The molecule has 1 aromatic rings. The number of Topliss-reactive ketones (excluding diaryl/α,β-unsaturated/α-hetero) is 1. The zero-order valence-corrected chi connectivity index (χ0v) is 7.28. The molecule has 0 fully saturated rings. The standard InChI is InChI=1S/C9H13NO2/c1-6(7(2)10)9(11)8-4-3-5-12-8/h3-7H,10H2,1-2H3. The van der Waals surface area contributed by atoms with E-state index in [4.69, 9.17) is 10.2 Å². The van der Waals surface area contributed by atoms with Crippen molar-refractivity contribution in [1.82, 2.24) is 0 Å². The fourth-order valence-electron chi connectivity index (χ4n) is 0.882. The fraction of sp³-hybridized carbons (Fsp3) is 0.444. The van der Waals surface area contributed by atoms with Gasteiger partial charge in [0.05, 0.1) is 6.26 Å². The first-order valence-electron chi connectivity index (χ1n) is 3.96. The van der Waals surface area contributed by atoms with Gasteiger partial charge >= 0.3 is 0 Å². The quantitative estimate of drug-likeness (QED) is 0.693. The van der Waals surface area contributed by atoms with Crippen LogP contribution in [0.2, 0.25) is 0 Å². The van der Waals surface area contributed by atoms with Crippen LogP contribution in [0.3, 0.4) is 0 Å². The Morgan fingerprint density at radius 1 is 1.58 bits per heavy atom. The third-order valence-electron chi connectivity index (χ3n) is 1.97. The van der Waals surface area contributed by atoms with Gasteiger partial charge in [0.25, 0.3) is 0 Å². The lowest BCUT2D eigenvalue weighted by atomic mass is 9.98. The summed E-state index contributed by atoms with van der Waals surface area (Å²) in [4.78, 5) is 11.5. The molecule has 2 unspecified atom stereocenters. The van der Waals surface area contributed by atoms with Crippen LogP contribution in [0.4, 0.5) is 0 Å². The molecule has 0 aliphatic rings. The molecule has 0 radical (unpaired) electrons. The second kappa shape index (κ2) is 3.54. The molecule has 3 heteroatoms. The van der Waals surface area contributed by atoms with Crippen LogP contribution >= 0.6 is 0 Å². The molecule has 12 heavy (non-hydrogen) atoms. The predicted octanol–water partition coefficient (Wildman–Crippen LogP) is 1.45. The van der Waals surface area contributed by atoms with Crippen molar-refractivity contribution in [3.8, 4) is 0 Å². The predicted molar refractivity (Wildman–Crippen MR) is 45.9 cm³/mol. The molecule has 2 atom stereocenters. The first-order valence-corrected chi connectivity index (χ1v) is 3.96. The summed E-state index contributed by atoms with van der Waals surface area (Å²) in [6.45, 7) is 3.61. The van der Waals surface area contributed by atoms with Crippen LogP contribution in [0.15, 0.2) is 22.8 Å². The molecule has 0 saturated carbocycles. The summed E-state index contributed by atoms with van der Waals surface area (Å²) >= 11 is 0. The third kappa shape index (κ3) is 1.74. The largest absolute Gasteiger partial charge is 0.461 e. The smallest absolute Gasteiger partial charge is 0.202 e. The number of hydrogen-bond acceptors (Lipinski definition) is 3. The van der Waals surface area contributed by atoms with Crippen LogP contribution in [0.1, 0.15) is 24.4 Å². The summed E-state index contributed by atoms with van der Waals surface area (Å²) in [6, 6.07) is 3.21. The molecule has 0 bridgehead atoms. The highest BCUT2D eigenvalue weighted by Gasteiger charge is 2.20. The molecular weight excluding hydrogens is 154 g/mol. The Morgan fingerprint density at radius 3 is 2.67 bits per heavy atom. The van der Waals surface area contributed by atoms with Gasteiger partial charge in [0, 0.05) is 12.0 Å². The fourth-order valence-corrected chi connectivity index (χ4v) is 0.882. The first-order chi connectivity index (χ1) is 5.63. The SMILES string of the molecule is CC(N)C(C)C(=O)c1ccco1.